The highest BCUT2D eigenvalue weighted by Gasteiger charge is 2.28. The third-order valence-corrected chi connectivity index (χ3v) is 3.23. The Balaban J connectivity index is 1.99. The Labute approximate surface area is 109 Å². The molecule has 0 aromatic heterocycles. The number of halogens is 2. The number of piperidine rings is 1. The zero-order chi connectivity index (χ0) is 13.1. The summed E-state index contributed by atoms with van der Waals surface area (Å²) in [6.45, 7) is 0.804. The van der Waals surface area contributed by atoms with Gasteiger partial charge in [0.25, 0.3) is 5.69 Å². The molecule has 2 atom stereocenters. The van der Waals surface area contributed by atoms with Crippen LogP contribution in [0.3, 0.4) is 0 Å². The molecule has 1 aromatic rings. The van der Waals surface area contributed by atoms with Gasteiger partial charge < -0.3 is 5.32 Å². The maximum Gasteiger partial charge on any atom is 0.269 e. The highest BCUT2D eigenvalue weighted by Crippen LogP contribution is 2.21. The van der Waals surface area contributed by atoms with Crippen LogP contribution in [0.4, 0.5) is 15.8 Å². The van der Waals surface area contributed by atoms with E-state index >= 15 is 0 Å². The molecule has 0 radical (unpaired) electrons. The molecule has 1 aliphatic rings. The normalized spacial score (nSPS) is 24.8. The summed E-state index contributed by atoms with van der Waals surface area (Å²) in [6, 6.07) is 5.65. The van der Waals surface area contributed by atoms with E-state index in [2.05, 4.69) is 5.32 Å². The van der Waals surface area contributed by atoms with E-state index in [1.807, 2.05) is 0 Å². The standard InChI is InChI=1S/C11H13ClFN3O2/c12-15-6-5-11(10(13)7-15)14-8-1-3-9(4-2-8)16(17)18/h1-4,10-11,14H,5-7H2. The van der Waals surface area contributed by atoms with Crippen molar-refractivity contribution < 1.29 is 9.31 Å². The molecule has 0 amide bonds. The molecule has 1 aliphatic heterocycles. The van der Waals surface area contributed by atoms with Crippen molar-refractivity contribution in [3.05, 3.63) is 34.4 Å². The fraction of sp³-hybridized carbons (Fsp3) is 0.455. The molecule has 1 heterocycles. The first kappa shape index (κ1) is 13.0. The first-order valence-electron chi connectivity index (χ1n) is 5.62. The van der Waals surface area contributed by atoms with Gasteiger partial charge in [0.05, 0.1) is 11.0 Å². The molecule has 98 valence electrons. The van der Waals surface area contributed by atoms with Crippen LogP contribution in [0, 0.1) is 10.1 Å². The maximum atomic E-state index is 13.7. The molecule has 1 N–H and O–H groups in total. The lowest BCUT2D eigenvalue weighted by Crippen LogP contribution is -2.44. The fourth-order valence-electron chi connectivity index (χ4n) is 1.92. The van der Waals surface area contributed by atoms with Gasteiger partial charge in [0.1, 0.15) is 6.17 Å². The minimum Gasteiger partial charge on any atom is -0.379 e. The molecule has 2 rings (SSSR count). The van der Waals surface area contributed by atoms with E-state index in [9.17, 15) is 14.5 Å². The number of non-ortho nitro benzene ring substituents is 1. The Bertz CT molecular complexity index is 429. The number of hydrogen-bond donors (Lipinski definition) is 1. The molecule has 5 nitrogen and oxygen atoms in total. The second-order valence-electron chi connectivity index (χ2n) is 4.23. The minimum absolute atomic E-state index is 0.0212. The van der Waals surface area contributed by atoms with E-state index in [0.29, 0.717) is 18.7 Å². The van der Waals surface area contributed by atoms with Crippen molar-refractivity contribution in [2.24, 2.45) is 0 Å². The Morgan fingerprint density at radius 2 is 2.11 bits per heavy atom. The number of nitrogens with zero attached hydrogens (tertiary/aromatic N) is 2. The van der Waals surface area contributed by atoms with Gasteiger partial charge in [0.2, 0.25) is 0 Å². The zero-order valence-electron chi connectivity index (χ0n) is 9.55. The summed E-state index contributed by atoms with van der Waals surface area (Å²) < 4.78 is 15.1. The average molecular weight is 274 g/mol. The zero-order valence-corrected chi connectivity index (χ0v) is 10.3. The van der Waals surface area contributed by atoms with Gasteiger partial charge in [0, 0.05) is 30.9 Å². The Morgan fingerprint density at radius 3 is 2.67 bits per heavy atom. The third-order valence-electron chi connectivity index (χ3n) is 2.92. The summed E-state index contributed by atoms with van der Waals surface area (Å²) in [7, 11) is 0. The lowest BCUT2D eigenvalue weighted by Gasteiger charge is -2.31. The predicted molar refractivity (Wildman–Crippen MR) is 67.4 cm³/mol. The molecule has 0 spiro atoms. The second-order valence-corrected chi connectivity index (χ2v) is 4.71. The quantitative estimate of drug-likeness (QED) is 0.522. The predicted octanol–water partition coefficient (Wildman–Crippen LogP) is 2.57. The first-order valence-corrected chi connectivity index (χ1v) is 5.96. The molecule has 1 saturated heterocycles. The van der Waals surface area contributed by atoms with Crippen molar-refractivity contribution in [3.8, 4) is 0 Å². The largest absolute Gasteiger partial charge is 0.379 e. The van der Waals surface area contributed by atoms with Gasteiger partial charge in [-0.1, -0.05) is 0 Å². The molecule has 18 heavy (non-hydrogen) atoms. The van der Waals surface area contributed by atoms with Gasteiger partial charge in [0.15, 0.2) is 0 Å². The average Bonchev–Trinajstić information content (AvgIpc) is 2.33. The van der Waals surface area contributed by atoms with Gasteiger partial charge in [-0.05, 0) is 30.3 Å². The van der Waals surface area contributed by atoms with Crippen molar-refractivity contribution in [2.75, 3.05) is 18.4 Å². The van der Waals surface area contributed by atoms with Crippen LogP contribution in [0.15, 0.2) is 24.3 Å². The fourth-order valence-corrected chi connectivity index (χ4v) is 2.15. The number of benzene rings is 1. The number of hydrogen-bond acceptors (Lipinski definition) is 4. The molecule has 7 heteroatoms. The highest BCUT2D eigenvalue weighted by atomic mass is 35.5. The Hall–Kier alpha value is -1.40. The van der Waals surface area contributed by atoms with E-state index in [1.165, 1.54) is 16.6 Å². The number of rotatable bonds is 3. The van der Waals surface area contributed by atoms with Crippen LogP contribution in [0.2, 0.25) is 0 Å². The summed E-state index contributed by atoms with van der Waals surface area (Å²) in [5.41, 5.74) is 0.698. The third kappa shape index (κ3) is 3.08. The summed E-state index contributed by atoms with van der Waals surface area (Å²) in [4.78, 5) is 10.0. The molecule has 1 aromatic carbocycles. The van der Waals surface area contributed by atoms with Crippen molar-refractivity contribution in [3.63, 3.8) is 0 Å². The molecule has 1 fully saturated rings. The van der Waals surface area contributed by atoms with Crippen LogP contribution in [0.25, 0.3) is 0 Å². The van der Waals surface area contributed by atoms with Crippen molar-refractivity contribution in [2.45, 2.75) is 18.6 Å². The van der Waals surface area contributed by atoms with Crippen LogP contribution in [-0.4, -0.2) is 34.6 Å². The van der Waals surface area contributed by atoms with Gasteiger partial charge in [-0.25, -0.2) is 8.81 Å². The summed E-state index contributed by atoms with van der Waals surface area (Å²) >= 11 is 5.73. The Morgan fingerprint density at radius 1 is 1.44 bits per heavy atom. The lowest BCUT2D eigenvalue weighted by atomic mass is 10.0. The second kappa shape index (κ2) is 5.49. The van der Waals surface area contributed by atoms with E-state index in [1.54, 1.807) is 12.1 Å². The van der Waals surface area contributed by atoms with Gasteiger partial charge in [-0.15, -0.1) is 0 Å². The number of anilines is 1. The minimum atomic E-state index is -1.05. The highest BCUT2D eigenvalue weighted by molar-refractivity contribution is 6.13. The van der Waals surface area contributed by atoms with Crippen LogP contribution < -0.4 is 5.32 Å². The SMILES string of the molecule is O=[N+]([O-])c1ccc(NC2CCN(Cl)CC2F)cc1. The van der Waals surface area contributed by atoms with Crippen LogP contribution in [0.5, 0.6) is 0 Å². The van der Waals surface area contributed by atoms with Crippen LogP contribution >= 0.6 is 11.8 Å². The number of nitrogens with one attached hydrogen (secondary N) is 1. The topological polar surface area (TPSA) is 58.4 Å². The molecule has 0 aliphatic carbocycles. The smallest absolute Gasteiger partial charge is 0.269 e. The van der Waals surface area contributed by atoms with Crippen LogP contribution in [-0.2, 0) is 0 Å². The Kier molecular flexibility index (Phi) is 3.98. The van der Waals surface area contributed by atoms with Crippen molar-refractivity contribution >= 4 is 23.2 Å². The van der Waals surface area contributed by atoms with Crippen molar-refractivity contribution in [1.29, 1.82) is 0 Å². The van der Waals surface area contributed by atoms with Gasteiger partial charge >= 0.3 is 0 Å². The maximum absolute atomic E-state index is 13.7. The van der Waals surface area contributed by atoms with E-state index in [4.69, 9.17) is 11.8 Å². The molecule has 0 bridgehead atoms. The van der Waals surface area contributed by atoms with Gasteiger partial charge in [-0.2, -0.15) is 0 Å². The van der Waals surface area contributed by atoms with Gasteiger partial charge in [-0.3, -0.25) is 10.1 Å². The molecule has 2 unspecified atom stereocenters. The molecular weight excluding hydrogens is 261 g/mol. The first-order chi connectivity index (χ1) is 8.56. The van der Waals surface area contributed by atoms with E-state index < -0.39 is 11.1 Å². The molecule has 0 saturated carbocycles. The van der Waals surface area contributed by atoms with Crippen LogP contribution in [0.1, 0.15) is 6.42 Å². The number of nitro benzene ring substituents is 1. The number of nitro groups is 1. The summed E-state index contributed by atoms with van der Waals surface area (Å²) in [5.74, 6) is 0. The van der Waals surface area contributed by atoms with E-state index in [-0.39, 0.29) is 18.3 Å². The van der Waals surface area contributed by atoms with Crippen molar-refractivity contribution in [1.82, 2.24) is 4.42 Å². The molecular formula is C11H13ClFN3O2. The summed E-state index contributed by atoms with van der Waals surface area (Å²) in [5, 5.41) is 13.5. The summed E-state index contributed by atoms with van der Waals surface area (Å²) in [6.07, 6.45) is -0.451. The monoisotopic (exact) mass is 273 g/mol. The van der Waals surface area contributed by atoms with E-state index in [0.717, 1.165) is 0 Å². The lowest BCUT2D eigenvalue weighted by molar-refractivity contribution is -0.384. The number of alkyl halides is 1.